The Kier molecular flexibility index (Phi) is 11.6. The molecule has 8 heteroatoms. The van der Waals surface area contributed by atoms with E-state index in [1.165, 1.54) is 38.6 Å². The Hall–Kier alpha value is -0.870. The van der Waals surface area contributed by atoms with Crippen LogP contribution in [0.1, 0.15) is 51.2 Å². The molecule has 2 N–H and O–H groups in total. The molecule has 6 nitrogen and oxygen atoms in total. The van der Waals surface area contributed by atoms with Gasteiger partial charge in [0, 0.05) is 25.4 Å². The average Bonchev–Trinajstić information content (AvgIpc) is 3.16. The van der Waals surface area contributed by atoms with Gasteiger partial charge in [0.15, 0.2) is 15.8 Å². The predicted octanol–water partition coefficient (Wildman–Crippen LogP) is 3.58. The minimum atomic E-state index is -3.19. The van der Waals surface area contributed by atoms with Crippen LogP contribution in [-0.4, -0.2) is 57.8 Å². The number of hydrogen-bond acceptors (Lipinski definition) is 4. The zero-order valence-electron chi connectivity index (χ0n) is 19.1. The molecule has 0 saturated carbocycles. The lowest BCUT2D eigenvalue weighted by Gasteiger charge is -2.29. The monoisotopic (exact) mass is 550 g/mol. The summed E-state index contributed by atoms with van der Waals surface area (Å²) in [7, 11) is -3.19. The molecule has 1 heterocycles. The molecule has 1 aromatic carbocycles. The third kappa shape index (κ3) is 8.70. The fourth-order valence-electron chi connectivity index (χ4n) is 3.96. The number of aliphatic imine (C=N–C) groups is 1. The van der Waals surface area contributed by atoms with Gasteiger partial charge in [0.1, 0.15) is 0 Å². The quantitative estimate of drug-likeness (QED) is 0.280. The second-order valence-electron chi connectivity index (χ2n) is 8.47. The van der Waals surface area contributed by atoms with Crippen LogP contribution >= 0.6 is 24.0 Å². The van der Waals surface area contributed by atoms with Crippen molar-refractivity contribution in [3.63, 3.8) is 0 Å². The van der Waals surface area contributed by atoms with Gasteiger partial charge in [-0.15, -0.1) is 24.0 Å². The number of benzene rings is 1. The number of hydrogen-bond donors (Lipinski definition) is 2. The normalized spacial score (nSPS) is 16.4. The van der Waals surface area contributed by atoms with Gasteiger partial charge < -0.3 is 10.6 Å². The van der Waals surface area contributed by atoms with Crippen LogP contribution in [0.4, 0.5) is 0 Å². The summed E-state index contributed by atoms with van der Waals surface area (Å²) in [5, 5.41) is 6.85. The van der Waals surface area contributed by atoms with E-state index >= 15 is 0 Å². The summed E-state index contributed by atoms with van der Waals surface area (Å²) in [4.78, 5) is 7.71. The number of nitrogens with zero attached hydrogens (tertiary/aromatic N) is 2. The van der Waals surface area contributed by atoms with Crippen LogP contribution in [0.15, 0.2) is 28.1 Å². The fraction of sp³-hybridized carbons (Fsp3) is 0.682. The highest BCUT2D eigenvalue weighted by molar-refractivity contribution is 14.0. The van der Waals surface area contributed by atoms with Crippen LogP contribution < -0.4 is 10.6 Å². The standard InChI is InChI=1S/C22H38N4O2S.HI/c1-6-23-22(25-16-20(13-17(2)3)26-11-7-8-12-26)24-15-19-9-10-21(18(4)14-19)29(5,27)28;/h9-10,14,17,20H,6-8,11-13,15-16H2,1-5H3,(H2,23,24,25);1H. The molecular weight excluding hydrogens is 511 g/mol. The molecule has 0 spiro atoms. The molecule has 0 bridgehead atoms. The van der Waals surface area contributed by atoms with Gasteiger partial charge >= 0.3 is 0 Å². The largest absolute Gasteiger partial charge is 0.357 e. The van der Waals surface area contributed by atoms with E-state index in [9.17, 15) is 8.42 Å². The van der Waals surface area contributed by atoms with Crippen molar-refractivity contribution in [2.24, 2.45) is 10.9 Å². The molecule has 1 atom stereocenters. The molecule has 0 radical (unpaired) electrons. The van der Waals surface area contributed by atoms with Crippen molar-refractivity contribution >= 4 is 39.8 Å². The number of halogens is 1. The van der Waals surface area contributed by atoms with E-state index in [0.29, 0.717) is 23.4 Å². The van der Waals surface area contributed by atoms with E-state index in [1.54, 1.807) is 6.07 Å². The Labute approximate surface area is 200 Å². The van der Waals surface area contributed by atoms with Crippen LogP contribution in [0.2, 0.25) is 0 Å². The summed E-state index contributed by atoms with van der Waals surface area (Å²) in [6, 6.07) is 5.97. The van der Waals surface area contributed by atoms with Crippen LogP contribution in [0.3, 0.4) is 0 Å². The van der Waals surface area contributed by atoms with Gasteiger partial charge in [-0.1, -0.05) is 26.0 Å². The molecule has 172 valence electrons. The molecule has 0 aromatic heterocycles. The van der Waals surface area contributed by atoms with Crippen molar-refractivity contribution < 1.29 is 8.42 Å². The lowest BCUT2D eigenvalue weighted by atomic mass is 10.0. The summed E-state index contributed by atoms with van der Waals surface area (Å²) in [5.74, 6) is 1.48. The van der Waals surface area contributed by atoms with Gasteiger partial charge in [0.25, 0.3) is 0 Å². The minimum Gasteiger partial charge on any atom is -0.357 e. The Morgan fingerprint density at radius 1 is 1.20 bits per heavy atom. The second kappa shape index (κ2) is 12.9. The smallest absolute Gasteiger partial charge is 0.191 e. The average molecular weight is 551 g/mol. The number of nitrogens with one attached hydrogen (secondary N) is 2. The fourth-order valence-corrected chi connectivity index (χ4v) is 4.92. The number of likely N-dealkylation sites (tertiary alicyclic amines) is 1. The zero-order valence-corrected chi connectivity index (χ0v) is 22.2. The first-order valence-electron chi connectivity index (χ1n) is 10.8. The number of sulfone groups is 1. The van der Waals surface area contributed by atoms with Gasteiger partial charge in [-0.05, 0) is 69.3 Å². The summed E-state index contributed by atoms with van der Waals surface area (Å²) in [5.41, 5.74) is 1.77. The van der Waals surface area contributed by atoms with Crippen molar-refractivity contribution in [1.82, 2.24) is 15.5 Å². The van der Waals surface area contributed by atoms with Crippen molar-refractivity contribution in [2.75, 3.05) is 32.4 Å². The minimum absolute atomic E-state index is 0. The highest BCUT2D eigenvalue weighted by Crippen LogP contribution is 2.18. The Morgan fingerprint density at radius 3 is 2.40 bits per heavy atom. The molecule has 0 aliphatic carbocycles. The second-order valence-corrected chi connectivity index (χ2v) is 10.5. The molecule has 1 fully saturated rings. The van der Waals surface area contributed by atoms with E-state index in [1.807, 2.05) is 19.1 Å². The molecule has 1 unspecified atom stereocenters. The van der Waals surface area contributed by atoms with Crippen molar-refractivity contribution in [2.45, 2.75) is 64.4 Å². The SMILES string of the molecule is CCNC(=NCc1ccc(S(C)(=O)=O)c(C)c1)NCC(CC(C)C)N1CCCC1.I. The molecule has 2 rings (SSSR count). The Morgan fingerprint density at radius 2 is 1.87 bits per heavy atom. The van der Waals surface area contributed by atoms with Crippen molar-refractivity contribution in [3.05, 3.63) is 29.3 Å². The summed E-state index contributed by atoms with van der Waals surface area (Å²) in [6.07, 6.45) is 5.02. The maximum absolute atomic E-state index is 11.8. The number of rotatable bonds is 9. The van der Waals surface area contributed by atoms with Crippen LogP contribution in [0.5, 0.6) is 0 Å². The van der Waals surface area contributed by atoms with Crippen LogP contribution in [-0.2, 0) is 16.4 Å². The molecule has 30 heavy (non-hydrogen) atoms. The van der Waals surface area contributed by atoms with Crippen molar-refractivity contribution in [1.29, 1.82) is 0 Å². The van der Waals surface area contributed by atoms with E-state index in [2.05, 4.69) is 36.3 Å². The lowest BCUT2D eigenvalue weighted by molar-refractivity contribution is 0.213. The molecule has 1 saturated heterocycles. The van der Waals surface area contributed by atoms with E-state index in [4.69, 9.17) is 4.99 Å². The third-order valence-electron chi connectivity index (χ3n) is 5.31. The first-order valence-corrected chi connectivity index (χ1v) is 12.7. The molecule has 1 aliphatic rings. The predicted molar refractivity (Wildman–Crippen MR) is 137 cm³/mol. The summed E-state index contributed by atoms with van der Waals surface area (Å²) >= 11 is 0. The maximum Gasteiger partial charge on any atom is 0.191 e. The van der Waals surface area contributed by atoms with Gasteiger partial charge in [-0.3, -0.25) is 4.90 Å². The number of guanidine groups is 1. The maximum atomic E-state index is 11.8. The number of aryl methyl sites for hydroxylation is 1. The topological polar surface area (TPSA) is 73.8 Å². The Balaban J connectivity index is 0.00000450. The zero-order chi connectivity index (χ0) is 21.4. The van der Waals surface area contributed by atoms with Crippen LogP contribution in [0.25, 0.3) is 0 Å². The first-order chi connectivity index (χ1) is 13.7. The van der Waals surface area contributed by atoms with E-state index in [0.717, 1.165) is 30.2 Å². The van der Waals surface area contributed by atoms with E-state index < -0.39 is 9.84 Å². The van der Waals surface area contributed by atoms with Gasteiger partial charge in [0.05, 0.1) is 11.4 Å². The highest BCUT2D eigenvalue weighted by Gasteiger charge is 2.22. The molecule has 1 aromatic rings. The van der Waals surface area contributed by atoms with Gasteiger partial charge in [0.2, 0.25) is 0 Å². The Bertz CT molecular complexity index is 790. The third-order valence-corrected chi connectivity index (χ3v) is 6.57. The molecular formula is C22H39IN4O2S. The molecule has 0 amide bonds. The van der Waals surface area contributed by atoms with Crippen LogP contribution in [0, 0.1) is 12.8 Å². The van der Waals surface area contributed by atoms with Crippen molar-refractivity contribution in [3.8, 4) is 0 Å². The van der Waals surface area contributed by atoms with Gasteiger partial charge in [-0.25, -0.2) is 13.4 Å². The summed E-state index contributed by atoms with van der Waals surface area (Å²) < 4.78 is 23.6. The van der Waals surface area contributed by atoms with E-state index in [-0.39, 0.29) is 24.0 Å². The lowest BCUT2D eigenvalue weighted by Crippen LogP contribution is -2.47. The first kappa shape index (κ1) is 27.2. The molecule has 1 aliphatic heterocycles. The van der Waals surface area contributed by atoms with Gasteiger partial charge in [-0.2, -0.15) is 0 Å². The summed E-state index contributed by atoms with van der Waals surface area (Å²) in [6.45, 7) is 13.0. The highest BCUT2D eigenvalue weighted by atomic mass is 127.